The van der Waals surface area contributed by atoms with Crippen LogP contribution in [0.25, 0.3) is 0 Å². The minimum atomic E-state index is 0.586. The molecule has 0 aliphatic carbocycles. The van der Waals surface area contributed by atoms with Gasteiger partial charge in [0.25, 0.3) is 0 Å². The third-order valence-electron chi connectivity index (χ3n) is 4.17. The molecule has 102 valence electrons. The molecule has 0 radical (unpaired) electrons. The first-order chi connectivity index (χ1) is 8.51. The maximum atomic E-state index is 2.34. The summed E-state index contributed by atoms with van der Waals surface area (Å²) in [5.74, 6) is 0. The van der Waals surface area contributed by atoms with E-state index in [0.29, 0.717) is 12.1 Å². The fourth-order valence-electron chi connectivity index (χ4n) is 1.98. The highest BCUT2D eigenvalue weighted by atomic mass is 15.1. The van der Waals surface area contributed by atoms with Crippen molar-refractivity contribution in [2.24, 2.45) is 0 Å². The summed E-state index contributed by atoms with van der Waals surface area (Å²) in [5, 5.41) is 0. The molecule has 0 saturated carbocycles. The number of anilines is 2. The standard InChI is InChI=1S/C16H28N2/c1-7-13(3)17(5)15-9-11-16(12-10-15)18(6)14(4)8-2/h9-14H,7-8H2,1-6H3. The van der Waals surface area contributed by atoms with Crippen molar-refractivity contribution in [3.63, 3.8) is 0 Å². The van der Waals surface area contributed by atoms with E-state index in [1.807, 2.05) is 0 Å². The Morgan fingerprint density at radius 3 is 1.28 bits per heavy atom. The molecule has 2 atom stereocenters. The van der Waals surface area contributed by atoms with Crippen LogP contribution in [0.15, 0.2) is 24.3 Å². The van der Waals surface area contributed by atoms with Gasteiger partial charge in [-0.2, -0.15) is 0 Å². The van der Waals surface area contributed by atoms with Crippen LogP contribution >= 0.6 is 0 Å². The second-order valence-corrected chi connectivity index (χ2v) is 5.25. The van der Waals surface area contributed by atoms with Gasteiger partial charge in [-0.1, -0.05) is 13.8 Å². The molecule has 0 aliphatic heterocycles. The molecule has 0 amide bonds. The first-order valence-corrected chi connectivity index (χ1v) is 7.06. The molecule has 2 unspecified atom stereocenters. The van der Waals surface area contributed by atoms with Crippen molar-refractivity contribution in [1.29, 1.82) is 0 Å². The van der Waals surface area contributed by atoms with Crippen molar-refractivity contribution in [2.45, 2.75) is 52.6 Å². The fourth-order valence-corrected chi connectivity index (χ4v) is 1.98. The molecule has 1 aromatic carbocycles. The summed E-state index contributed by atoms with van der Waals surface area (Å²) in [4.78, 5) is 4.68. The van der Waals surface area contributed by atoms with Gasteiger partial charge in [0.05, 0.1) is 0 Å². The highest BCUT2D eigenvalue weighted by Crippen LogP contribution is 2.22. The van der Waals surface area contributed by atoms with Gasteiger partial charge in [-0.15, -0.1) is 0 Å². The summed E-state index contributed by atoms with van der Waals surface area (Å²) in [5.41, 5.74) is 2.59. The van der Waals surface area contributed by atoms with Gasteiger partial charge < -0.3 is 9.80 Å². The second-order valence-electron chi connectivity index (χ2n) is 5.25. The van der Waals surface area contributed by atoms with Gasteiger partial charge in [0.2, 0.25) is 0 Å². The zero-order valence-electron chi connectivity index (χ0n) is 12.8. The van der Waals surface area contributed by atoms with E-state index in [2.05, 4.69) is 75.9 Å². The molecule has 1 rings (SSSR count). The smallest absolute Gasteiger partial charge is 0.0367 e. The lowest BCUT2D eigenvalue weighted by molar-refractivity contribution is 0.660. The van der Waals surface area contributed by atoms with Gasteiger partial charge in [0.15, 0.2) is 0 Å². The van der Waals surface area contributed by atoms with Crippen molar-refractivity contribution in [2.75, 3.05) is 23.9 Å². The molecule has 0 aromatic heterocycles. The van der Waals surface area contributed by atoms with Crippen molar-refractivity contribution in [3.05, 3.63) is 24.3 Å². The Kier molecular flexibility index (Phi) is 5.52. The van der Waals surface area contributed by atoms with Crippen LogP contribution in [0.1, 0.15) is 40.5 Å². The van der Waals surface area contributed by atoms with Crippen LogP contribution in [0, 0.1) is 0 Å². The molecule has 0 fully saturated rings. The maximum absolute atomic E-state index is 2.34. The number of hydrogen-bond donors (Lipinski definition) is 0. The Morgan fingerprint density at radius 1 is 0.778 bits per heavy atom. The monoisotopic (exact) mass is 248 g/mol. The van der Waals surface area contributed by atoms with Gasteiger partial charge in [-0.3, -0.25) is 0 Å². The van der Waals surface area contributed by atoms with Crippen LogP contribution in [0.4, 0.5) is 11.4 Å². The van der Waals surface area contributed by atoms with Gasteiger partial charge in [0.1, 0.15) is 0 Å². The van der Waals surface area contributed by atoms with Crippen LogP contribution in [-0.2, 0) is 0 Å². The minimum Gasteiger partial charge on any atom is -0.372 e. The van der Waals surface area contributed by atoms with E-state index in [1.165, 1.54) is 24.2 Å². The molecule has 0 bridgehead atoms. The Morgan fingerprint density at radius 2 is 1.06 bits per heavy atom. The van der Waals surface area contributed by atoms with Crippen LogP contribution in [0.3, 0.4) is 0 Å². The summed E-state index contributed by atoms with van der Waals surface area (Å²) in [6.45, 7) is 8.98. The average molecular weight is 248 g/mol. The van der Waals surface area contributed by atoms with Gasteiger partial charge >= 0.3 is 0 Å². The van der Waals surface area contributed by atoms with Crippen LogP contribution in [0.2, 0.25) is 0 Å². The normalized spacial score (nSPS) is 14.1. The summed E-state index contributed by atoms with van der Waals surface area (Å²) < 4.78 is 0. The third kappa shape index (κ3) is 3.41. The van der Waals surface area contributed by atoms with Gasteiger partial charge in [-0.05, 0) is 51.0 Å². The Labute approximate surface area is 113 Å². The molecule has 0 spiro atoms. The number of hydrogen-bond acceptors (Lipinski definition) is 2. The molecule has 0 aliphatic rings. The number of benzene rings is 1. The Bertz CT molecular complexity index is 310. The zero-order chi connectivity index (χ0) is 13.7. The van der Waals surface area contributed by atoms with Crippen LogP contribution in [0.5, 0.6) is 0 Å². The van der Waals surface area contributed by atoms with Crippen LogP contribution in [-0.4, -0.2) is 26.2 Å². The molecule has 0 heterocycles. The van der Waals surface area contributed by atoms with Crippen molar-refractivity contribution < 1.29 is 0 Å². The lowest BCUT2D eigenvalue weighted by Crippen LogP contribution is -2.29. The largest absolute Gasteiger partial charge is 0.372 e. The predicted molar refractivity (Wildman–Crippen MR) is 82.8 cm³/mol. The lowest BCUT2D eigenvalue weighted by atomic mass is 10.1. The average Bonchev–Trinajstić information content (AvgIpc) is 2.44. The molecule has 0 saturated heterocycles. The summed E-state index contributed by atoms with van der Waals surface area (Å²) in [6.07, 6.45) is 2.34. The molecular weight excluding hydrogens is 220 g/mol. The third-order valence-corrected chi connectivity index (χ3v) is 4.17. The number of rotatable bonds is 6. The molecule has 2 nitrogen and oxygen atoms in total. The zero-order valence-corrected chi connectivity index (χ0v) is 12.8. The van der Waals surface area contributed by atoms with Crippen molar-refractivity contribution in [3.8, 4) is 0 Å². The number of nitrogens with zero attached hydrogens (tertiary/aromatic N) is 2. The van der Waals surface area contributed by atoms with E-state index in [1.54, 1.807) is 0 Å². The highest BCUT2D eigenvalue weighted by Gasteiger charge is 2.10. The van der Waals surface area contributed by atoms with Gasteiger partial charge in [-0.25, -0.2) is 0 Å². The predicted octanol–water partition coefficient (Wildman–Crippen LogP) is 4.16. The first kappa shape index (κ1) is 14.9. The SMILES string of the molecule is CCC(C)N(C)c1ccc(N(C)C(C)CC)cc1. The van der Waals surface area contributed by atoms with Crippen molar-refractivity contribution in [1.82, 2.24) is 0 Å². The highest BCUT2D eigenvalue weighted by molar-refractivity contribution is 5.56. The summed E-state index contributed by atoms with van der Waals surface area (Å²) >= 11 is 0. The lowest BCUT2D eigenvalue weighted by Gasteiger charge is -2.29. The van der Waals surface area contributed by atoms with Crippen molar-refractivity contribution >= 4 is 11.4 Å². The summed E-state index contributed by atoms with van der Waals surface area (Å²) in [7, 11) is 4.34. The molecule has 18 heavy (non-hydrogen) atoms. The van der Waals surface area contributed by atoms with E-state index in [4.69, 9.17) is 0 Å². The maximum Gasteiger partial charge on any atom is 0.0367 e. The van der Waals surface area contributed by atoms with E-state index in [0.717, 1.165) is 0 Å². The first-order valence-electron chi connectivity index (χ1n) is 7.06. The summed E-state index contributed by atoms with van der Waals surface area (Å²) in [6, 6.07) is 10.1. The molecule has 0 N–H and O–H groups in total. The van der Waals surface area contributed by atoms with E-state index >= 15 is 0 Å². The molecule has 1 aromatic rings. The van der Waals surface area contributed by atoms with E-state index < -0.39 is 0 Å². The topological polar surface area (TPSA) is 6.48 Å². The molecular formula is C16H28N2. The fraction of sp³-hybridized carbons (Fsp3) is 0.625. The van der Waals surface area contributed by atoms with Gasteiger partial charge in [0, 0.05) is 37.6 Å². The molecule has 2 heteroatoms. The Hall–Kier alpha value is -1.18. The minimum absolute atomic E-state index is 0.586. The Balaban J connectivity index is 2.79. The van der Waals surface area contributed by atoms with E-state index in [9.17, 15) is 0 Å². The van der Waals surface area contributed by atoms with E-state index in [-0.39, 0.29) is 0 Å². The second kappa shape index (κ2) is 6.67. The van der Waals surface area contributed by atoms with Crippen LogP contribution < -0.4 is 9.80 Å². The quantitative estimate of drug-likeness (QED) is 0.746.